The molecule has 5 heteroatoms. The van der Waals surface area contributed by atoms with Gasteiger partial charge in [-0.1, -0.05) is 24.3 Å². The van der Waals surface area contributed by atoms with Crippen molar-refractivity contribution in [2.45, 2.75) is 38.3 Å². The molecule has 148 valence electrons. The molecule has 0 N–H and O–H groups in total. The van der Waals surface area contributed by atoms with Gasteiger partial charge in [-0.05, 0) is 50.4 Å². The molecule has 4 rings (SSSR count). The predicted octanol–water partition coefficient (Wildman–Crippen LogP) is 3.82. The fourth-order valence-electron chi connectivity index (χ4n) is 4.66. The molecule has 0 aliphatic carbocycles. The van der Waals surface area contributed by atoms with Crippen molar-refractivity contribution in [2.24, 2.45) is 0 Å². The van der Waals surface area contributed by atoms with Crippen LogP contribution in [-0.2, 0) is 11.2 Å². The maximum absolute atomic E-state index is 13.2. The summed E-state index contributed by atoms with van der Waals surface area (Å²) in [5, 5.41) is 0. The molecule has 1 saturated heterocycles. The molecule has 0 aromatic heterocycles. The Hall–Kier alpha value is -2.53. The van der Waals surface area contributed by atoms with Crippen molar-refractivity contribution in [1.29, 1.82) is 0 Å². The first-order chi connectivity index (χ1) is 13.6. The number of rotatable bonds is 5. The Labute approximate surface area is 166 Å². The van der Waals surface area contributed by atoms with E-state index >= 15 is 0 Å². The third-order valence-electron chi connectivity index (χ3n) is 5.98. The van der Waals surface area contributed by atoms with Crippen molar-refractivity contribution < 1.29 is 14.3 Å². The smallest absolute Gasteiger partial charge is 0.241 e. The van der Waals surface area contributed by atoms with Gasteiger partial charge in [0.2, 0.25) is 5.91 Å². The average Bonchev–Trinajstić information content (AvgIpc) is 3.30. The van der Waals surface area contributed by atoms with Crippen molar-refractivity contribution in [3.8, 4) is 11.5 Å². The molecule has 0 saturated carbocycles. The zero-order chi connectivity index (χ0) is 19.7. The maximum Gasteiger partial charge on any atom is 0.241 e. The number of para-hydroxylation sites is 1. The SMILES string of the molecule is COc1ccc([C@H]2CCCN2CC(=O)N2c3ccccc3C[C@H]2C)c(OC)c1. The van der Waals surface area contributed by atoms with Crippen molar-refractivity contribution >= 4 is 11.6 Å². The van der Waals surface area contributed by atoms with Crippen LogP contribution in [0.2, 0.25) is 0 Å². The minimum atomic E-state index is 0.178. The average molecular weight is 380 g/mol. The maximum atomic E-state index is 13.2. The van der Waals surface area contributed by atoms with E-state index in [9.17, 15) is 4.79 Å². The molecule has 2 heterocycles. The van der Waals surface area contributed by atoms with Crippen LogP contribution in [0.25, 0.3) is 0 Å². The molecule has 1 fully saturated rings. The van der Waals surface area contributed by atoms with Gasteiger partial charge in [-0.3, -0.25) is 9.69 Å². The van der Waals surface area contributed by atoms with Crippen molar-refractivity contribution in [1.82, 2.24) is 4.90 Å². The number of nitrogens with zero attached hydrogens (tertiary/aromatic N) is 2. The summed E-state index contributed by atoms with van der Waals surface area (Å²) in [7, 11) is 3.34. The number of hydrogen-bond donors (Lipinski definition) is 0. The van der Waals surface area contributed by atoms with E-state index in [1.165, 1.54) is 5.56 Å². The molecule has 2 aliphatic rings. The number of carbonyl (C=O) groups is 1. The standard InChI is InChI=1S/C23H28N2O3/c1-16-13-17-7-4-5-8-20(17)25(16)23(26)15-24-12-6-9-21(24)19-11-10-18(27-2)14-22(19)28-3/h4-5,7-8,10-11,14,16,21H,6,9,12-13,15H2,1-3H3/t16-,21-/m1/s1. The molecule has 5 nitrogen and oxygen atoms in total. The first-order valence-corrected chi connectivity index (χ1v) is 9.98. The van der Waals surface area contributed by atoms with E-state index < -0.39 is 0 Å². The molecular weight excluding hydrogens is 352 g/mol. The predicted molar refractivity (Wildman–Crippen MR) is 110 cm³/mol. The number of hydrogen-bond acceptors (Lipinski definition) is 4. The zero-order valence-corrected chi connectivity index (χ0v) is 16.9. The van der Waals surface area contributed by atoms with Gasteiger partial charge >= 0.3 is 0 Å². The van der Waals surface area contributed by atoms with Gasteiger partial charge in [0.15, 0.2) is 0 Å². The van der Waals surface area contributed by atoms with E-state index in [0.717, 1.165) is 48.6 Å². The molecule has 28 heavy (non-hydrogen) atoms. The van der Waals surface area contributed by atoms with Crippen LogP contribution in [-0.4, -0.2) is 44.2 Å². The highest BCUT2D eigenvalue weighted by Gasteiger charge is 2.35. The van der Waals surface area contributed by atoms with E-state index in [1.807, 2.05) is 29.2 Å². The normalized spacial score (nSPS) is 21.6. The van der Waals surface area contributed by atoms with Gasteiger partial charge in [-0.2, -0.15) is 0 Å². The number of amides is 1. The minimum absolute atomic E-state index is 0.178. The highest BCUT2D eigenvalue weighted by molar-refractivity contribution is 5.97. The molecule has 0 spiro atoms. The van der Waals surface area contributed by atoms with Crippen molar-refractivity contribution in [3.05, 3.63) is 53.6 Å². The van der Waals surface area contributed by atoms with E-state index in [1.54, 1.807) is 14.2 Å². The number of fused-ring (bicyclic) bond motifs is 1. The zero-order valence-electron chi connectivity index (χ0n) is 16.9. The van der Waals surface area contributed by atoms with Gasteiger partial charge in [0.25, 0.3) is 0 Å². The van der Waals surface area contributed by atoms with Gasteiger partial charge < -0.3 is 14.4 Å². The van der Waals surface area contributed by atoms with Crippen LogP contribution in [0.1, 0.15) is 36.9 Å². The van der Waals surface area contributed by atoms with Crippen LogP contribution in [0.15, 0.2) is 42.5 Å². The summed E-state index contributed by atoms with van der Waals surface area (Å²) in [6.07, 6.45) is 3.04. The Balaban J connectivity index is 1.54. The molecule has 0 bridgehead atoms. The van der Waals surface area contributed by atoms with Gasteiger partial charge in [0, 0.05) is 29.4 Å². The fourth-order valence-corrected chi connectivity index (χ4v) is 4.66. The van der Waals surface area contributed by atoms with E-state index in [2.05, 4.69) is 30.0 Å². The number of ether oxygens (including phenoxy) is 2. The summed E-state index contributed by atoms with van der Waals surface area (Å²) >= 11 is 0. The Morgan fingerprint density at radius 1 is 1.14 bits per heavy atom. The van der Waals surface area contributed by atoms with Crippen LogP contribution in [0.5, 0.6) is 11.5 Å². The molecule has 2 aromatic rings. The van der Waals surface area contributed by atoms with Crippen LogP contribution in [0.3, 0.4) is 0 Å². The summed E-state index contributed by atoms with van der Waals surface area (Å²) < 4.78 is 10.9. The number of likely N-dealkylation sites (tertiary alicyclic amines) is 1. The Kier molecular flexibility index (Phi) is 5.27. The summed E-state index contributed by atoms with van der Waals surface area (Å²) in [6.45, 7) is 3.49. The third-order valence-corrected chi connectivity index (χ3v) is 5.98. The molecule has 0 radical (unpaired) electrons. The lowest BCUT2D eigenvalue weighted by molar-refractivity contribution is -0.120. The Bertz CT molecular complexity index is 867. The van der Waals surface area contributed by atoms with Crippen LogP contribution in [0, 0.1) is 0 Å². The largest absolute Gasteiger partial charge is 0.497 e. The lowest BCUT2D eigenvalue weighted by Gasteiger charge is -2.29. The van der Waals surface area contributed by atoms with Crippen LogP contribution >= 0.6 is 0 Å². The number of carbonyl (C=O) groups excluding carboxylic acids is 1. The van der Waals surface area contributed by atoms with Gasteiger partial charge in [0.05, 0.1) is 20.8 Å². The Morgan fingerprint density at radius 3 is 2.75 bits per heavy atom. The highest BCUT2D eigenvalue weighted by Crippen LogP contribution is 2.39. The van der Waals surface area contributed by atoms with E-state index in [0.29, 0.717) is 6.54 Å². The second-order valence-corrected chi connectivity index (χ2v) is 7.68. The molecule has 2 atom stereocenters. The molecule has 2 aromatic carbocycles. The summed E-state index contributed by atoms with van der Waals surface area (Å²) in [4.78, 5) is 17.5. The van der Waals surface area contributed by atoms with Gasteiger partial charge in [-0.25, -0.2) is 0 Å². The summed E-state index contributed by atoms with van der Waals surface area (Å²) in [6, 6.07) is 14.6. The first kappa shape index (κ1) is 18.8. The third kappa shape index (κ3) is 3.35. The molecule has 1 amide bonds. The monoisotopic (exact) mass is 380 g/mol. The van der Waals surface area contributed by atoms with E-state index in [4.69, 9.17) is 9.47 Å². The number of anilines is 1. The van der Waals surface area contributed by atoms with Crippen LogP contribution < -0.4 is 14.4 Å². The van der Waals surface area contributed by atoms with Gasteiger partial charge in [0.1, 0.15) is 11.5 Å². The molecule has 2 aliphatic heterocycles. The summed E-state index contributed by atoms with van der Waals surface area (Å²) in [5.74, 6) is 1.78. The van der Waals surface area contributed by atoms with Crippen molar-refractivity contribution in [3.63, 3.8) is 0 Å². The quantitative estimate of drug-likeness (QED) is 0.791. The van der Waals surface area contributed by atoms with Gasteiger partial charge in [-0.15, -0.1) is 0 Å². The topological polar surface area (TPSA) is 42.0 Å². The number of methoxy groups -OCH3 is 2. The van der Waals surface area contributed by atoms with E-state index in [-0.39, 0.29) is 18.0 Å². The fraction of sp³-hybridized carbons (Fsp3) is 0.435. The van der Waals surface area contributed by atoms with Crippen molar-refractivity contribution in [2.75, 3.05) is 32.2 Å². The minimum Gasteiger partial charge on any atom is -0.497 e. The molecule has 0 unspecified atom stereocenters. The second kappa shape index (κ2) is 7.84. The molecular formula is C23H28N2O3. The number of benzene rings is 2. The highest BCUT2D eigenvalue weighted by atomic mass is 16.5. The lowest BCUT2D eigenvalue weighted by Crippen LogP contribution is -2.43. The first-order valence-electron chi connectivity index (χ1n) is 9.98. The van der Waals surface area contributed by atoms with Crippen LogP contribution in [0.4, 0.5) is 5.69 Å². The summed E-state index contributed by atoms with van der Waals surface area (Å²) in [5.41, 5.74) is 3.46. The Morgan fingerprint density at radius 2 is 1.96 bits per heavy atom. The second-order valence-electron chi connectivity index (χ2n) is 7.68. The lowest BCUT2D eigenvalue weighted by atomic mass is 10.0.